The van der Waals surface area contributed by atoms with Gasteiger partial charge in [-0.15, -0.1) is 0 Å². The standard InChI is InChI=1S/C10H16O2/c11-9-8-2-6-1-7(3-8)5-10(9,12)4-6/h6-9,11-12H,1-5H2/t6-,7+,8?,9?,10?. The van der Waals surface area contributed by atoms with Gasteiger partial charge in [-0.3, -0.25) is 0 Å². The van der Waals surface area contributed by atoms with Crippen molar-refractivity contribution in [3.05, 3.63) is 0 Å². The maximum absolute atomic E-state index is 10.1. The molecule has 0 aromatic heterocycles. The van der Waals surface area contributed by atoms with Crippen LogP contribution in [-0.4, -0.2) is 21.9 Å². The summed E-state index contributed by atoms with van der Waals surface area (Å²) in [6.07, 6.45) is 4.96. The molecule has 4 aliphatic rings. The van der Waals surface area contributed by atoms with Gasteiger partial charge in [0, 0.05) is 0 Å². The van der Waals surface area contributed by atoms with Gasteiger partial charge in [-0.1, -0.05) is 0 Å². The van der Waals surface area contributed by atoms with Crippen LogP contribution in [0.5, 0.6) is 0 Å². The lowest BCUT2D eigenvalue weighted by Gasteiger charge is -2.57. The summed E-state index contributed by atoms with van der Waals surface area (Å²) in [5.74, 6) is 1.85. The first kappa shape index (κ1) is 7.34. The van der Waals surface area contributed by atoms with Gasteiger partial charge >= 0.3 is 0 Å². The van der Waals surface area contributed by atoms with E-state index in [2.05, 4.69) is 0 Å². The van der Waals surface area contributed by atoms with E-state index < -0.39 is 11.7 Å². The summed E-state index contributed by atoms with van der Waals surface area (Å²) in [6, 6.07) is 0. The molecule has 4 saturated carbocycles. The van der Waals surface area contributed by atoms with Crippen molar-refractivity contribution in [3.8, 4) is 0 Å². The molecule has 3 unspecified atom stereocenters. The second-order valence-electron chi connectivity index (χ2n) is 5.16. The van der Waals surface area contributed by atoms with Crippen molar-refractivity contribution < 1.29 is 10.2 Å². The van der Waals surface area contributed by atoms with Crippen LogP contribution in [0, 0.1) is 17.8 Å². The largest absolute Gasteiger partial charge is 0.390 e. The van der Waals surface area contributed by atoms with E-state index in [1.807, 2.05) is 0 Å². The van der Waals surface area contributed by atoms with Crippen molar-refractivity contribution in [2.24, 2.45) is 17.8 Å². The topological polar surface area (TPSA) is 40.5 Å². The third kappa shape index (κ3) is 0.775. The third-order valence-corrected chi connectivity index (χ3v) is 4.22. The Labute approximate surface area is 72.6 Å². The minimum absolute atomic E-state index is 0.412. The summed E-state index contributed by atoms with van der Waals surface area (Å²) in [5.41, 5.74) is -0.686. The van der Waals surface area contributed by atoms with Gasteiger partial charge in [0.2, 0.25) is 0 Å². The molecule has 0 aromatic carbocycles. The van der Waals surface area contributed by atoms with Crippen LogP contribution in [0.3, 0.4) is 0 Å². The highest BCUT2D eigenvalue weighted by Gasteiger charge is 2.55. The zero-order valence-electron chi connectivity index (χ0n) is 7.24. The smallest absolute Gasteiger partial charge is 0.0913 e. The van der Waals surface area contributed by atoms with Gasteiger partial charge in [-0.2, -0.15) is 0 Å². The highest BCUT2D eigenvalue weighted by molar-refractivity contribution is 5.07. The predicted octanol–water partition coefficient (Wildman–Crippen LogP) is 0.918. The van der Waals surface area contributed by atoms with Gasteiger partial charge in [0.25, 0.3) is 0 Å². The van der Waals surface area contributed by atoms with Gasteiger partial charge in [0.1, 0.15) is 0 Å². The van der Waals surface area contributed by atoms with E-state index in [-0.39, 0.29) is 0 Å². The minimum Gasteiger partial charge on any atom is -0.390 e. The van der Waals surface area contributed by atoms with Crippen molar-refractivity contribution in [2.45, 2.75) is 43.8 Å². The second-order valence-corrected chi connectivity index (χ2v) is 5.16. The molecular weight excluding hydrogens is 152 g/mol. The van der Waals surface area contributed by atoms with Crippen molar-refractivity contribution in [1.82, 2.24) is 0 Å². The Kier molecular flexibility index (Phi) is 1.25. The molecular formula is C10H16O2. The van der Waals surface area contributed by atoms with Crippen LogP contribution in [0.1, 0.15) is 32.1 Å². The molecule has 4 fully saturated rings. The number of hydrogen-bond donors (Lipinski definition) is 2. The molecule has 12 heavy (non-hydrogen) atoms. The number of rotatable bonds is 0. The second kappa shape index (κ2) is 2.05. The lowest BCUT2D eigenvalue weighted by molar-refractivity contribution is -0.203. The van der Waals surface area contributed by atoms with Crippen LogP contribution in [0.4, 0.5) is 0 Å². The number of aliphatic hydroxyl groups is 2. The fourth-order valence-corrected chi connectivity index (χ4v) is 3.97. The summed E-state index contributed by atoms with van der Waals surface area (Å²) in [4.78, 5) is 0. The average Bonchev–Trinajstić information content (AvgIpc) is 1.98. The van der Waals surface area contributed by atoms with Crippen LogP contribution in [0.2, 0.25) is 0 Å². The molecule has 68 valence electrons. The Morgan fingerprint density at radius 2 is 1.58 bits per heavy atom. The SMILES string of the molecule is OC1C2C[C@@H]3C[C@H](C2)CC1(O)C3. The molecule has 0 spiro atoms. The van der Waals surface area contributed by atoms with Gasteiger partial charge in [-0.05, 0) is 49.9 Å². The van der Waals surface area contributed by atoms with Gasteiger partial charge in [0.05, 0.1) is 11.7 Å². The van der Waals surface area contributed by atoms with E-state index in [4.69, 9.17) is 0 Å². The molecule has 2 N–H and O–H groups in total. The zero-order chi connectivity index (χ0) is 8.34. The predicted molar refractivity (Wildman–Crippen MR) is 44.5 cm³/mol. The molecule has 0 radical (unpaired) electrons. The van der Waals surface area contributed by atoms with E-state index in [1.165, 1.54) is 19.3 Å². The van der Waals surface area contributed by atoms with Crippen LogP contribution < -0.4 is 0 Å². The van der Waals surface area contributed by atoms with Gasteiger partial charge in [0.15, 0.2) is 0 Å². The molecule has 4 rings (SSSR count). The Morgan fingerprint density at radius 1 is 1.00 bits per heavy atom. The van der Waals surface area contributed by atoms with E-state index in [9.17, 15) is 10.2 Å². The Morgan fingerprint density at radius 3 is 2.08 bits per heavy atom. The first-order chi connectivity index (χ1) is 5.67. The molecule has 4 aliphatic carbocycles. The molecule has 4 bridgehead atoms. The zero-order valence-corrected chi connectivity index (χ0v) is 7.24. The molecule has 0 aromatic rings. The Hall–Kier alpha value is -0.0800. The fourth-order valence-electron chi connectivity index (χ4n) is 3.97. The van der Waals surface area contributed by atoms with E-state index in [0.717, 1.165) is 24.7 Å². The lowest BCUT2D eigenvalue weighted by atomic mass is 9.53. The van der Waals surface area contributed by atoms with Crippen molar-refractivity contribution in [1.29, 1.82) is 0 Å². The van der Waals surface area contributed by atoms with Crippen molar-refractivity contribution in [2.75, 3.05) is 0 Å². The maximum atomic E-state index is 10.1. The summed E-state index contributed by atoms with van der Waals surface area (Å²) >= 11 is 0. The number of hydrogen-bond acceptors (Lipinski definition) is 2. The molecule has 0 saturated heterocycles. The highest BCUT2D eigenvalue weighted by Crippen LogP contribution is 2.55. The maximum Gasteiger partial charge on any atom is 0.0913 e. The highest BCUT2D eigenvalue weighted by atomic mass is 16.3. The summed E-state index contributed by atoms with van der Waals surface area (Å²) < 4.78 is 0. The summed E-state index contributed by atoms with van der Waals surface area (Å²) in [5, 5.41) is 20.0. The van der Waals surface area contributed by atoms with E-state index >= 15 is 0 Å². The minimum atomic E-state index is -0.686. The third-order valence-electron chi connectivity index (χ3n) is 4.22. The fraction of sp³-hybridized carbons (Fsp3) is 1.00. The van der Waals surface area contributed by atoms with Gasteiger partial charge < -0.3 is 10.2 Å². The molecule has 2 heteroatoms. The molecule has 2 nitrogen and oxygen atoms in total. The number of aliphatic hydroxyl groups excluding tert-OH is 1. The van der Waals surface area contributed by atoms with Crippen LogP contribution in [-0.2, 0) is 0 Å². The lowest BCUT2D eigenvalue weighted by Crippen LogP contribution is -2.60. The molecule has 5 atom stereocenters. The van der Waals surface area contributed by atoms with Crippen LogP contribution in [0.15, 0.2) is 0 Å². The van der Waals surface area contributed by atoms with Crippen LogP contribution in [0.25, 0.3) is 0 Å². The van der Waals surface area contributed by atoms with Gasteiger partial charge in [-0.25, -0.2) is 0 Å². The first-order valence-electron chi connectivity index (χ1n) is 5.08. The van der Waals surface area contributed by atoms with Crippen LogP contribution >= 0.6 is 0 Å². The van der Waals surface area contributed by atoms with Crippen molar-refractivity contribution >= 4 is 0 Å². The first-order valence-corrected chi connectivity index (χ1v) is 5.08. The summed E-state index contributed by atoms with van der Waals surface area (Å²) in [7, 11) is 0. The normalized spacial score (nSPS) is 62.5. The Bertz CT molecular complexity index is 200. The molecule has 0 amide bonds. The summed E-state index contributed by atoms with van der Waals surface area (Å²) in [6.45, 7) is 0. The quantitative estimate of drug-likeness (QED) is 0.564. The molecule has 0 aliphatic heterocycles. The Balaban J connectivity index is 1.97. The van der Waals surface area contributed by atoms with E-state index in [1.54, 1.807) is 0 Å². The monoisotopic (exact) mass is 168 g/mol. The van der Waals surface area contributed by atoms with E-state index in [0.29, 0.717) is 5.92 Å². The van der Waals surface area contributed by atoms with Crippen molar-refractivity contribution in [3.63, 3.8) is 0 Å². The molecule has 0 heterocycles. The average molecular weight is 168 g/mol.